The first-order valence-corrected chi connectivity index (χ1v) is 10.2. The minimum atomic E-state index is -0.553. The number of hydrogen-bond acceptors (Lipinski definition) is 9. The molecule has 0 spiro atoms. The van der Waals surface area contributed by atoms with Gasteiger partial charge in [-0.15, -0.1) is 11.3 Å². The molecule has 3 aromatic heterocycles. The molecule has 158 valence electrons. The Hall–Kier alpha value is -3.77. The molecule has 0 radical (unpaired) electrons. The number of hydrogen-bond donors (Lipinski definition) is 0. The molecule has 0 aliphatic rings. The van der Waals surface area contributed by atoms with Crippen molar-refractivity contribution in [2.45, 2.75) is 13.3 Å². The second-order valence-electron chi connectivity index (χ2n) is 6.30. The first-order valence-electron chi connectivity index (χ1n) is 9.29. The maximum Gasteiger partial charge on any atom is 0.356 e. The Bertz CT molecular complexity index is 1150. The molecular formula is C22H20N4O4S. The summed E-state index contributed by atoms with van der Waals surface area (Å²) >= 11 is 1.58. The quantitative estimate of drug-likeness (QED) is 0.388. The van der Waals surface area contributed by atoms with Gasteiger partial charge in [-0.1, -0.05) is 0 Å². The molecular weight excluding hydrogens is 416 g/mol. The number of nitriles is 1. The highest BCUT2D eigenvalue weighted by atomic mass is 32.1. The Morgan fingerprint density at radius 2 is 2.06 bits per heavy atom. The molecule has 0 saturated carbocycles. The summed E-state index contributed by atoms with van der Waals surface area (Å²) in [6.07, 6.45) is 3.79. The number of carbonyl (C=O) groups is 1. The maximum atomic E-state index is 11.7. The van der Waals surface area contributed by atoms with Crippen LogP contribution in [0.5, 0.6) is 11.6 Å². The minimum absolute atomic E-state index is 0.151. The predicted octanol–water partition coefficient (Wildman–Crippen LogP) is 3.72. The summed E-state index contributed by atoms with van der Waals surface area (Å²) in [7, 11) is 2.82. The molecule has 0 amide bonds. The van der Waals surface area contributed by atoms with Crippen LogP contribution in [0.1, 0.15) is 32.3 Å². The van der Waals surface area contributed by atoms with Crippen molar-refractivity contribution in [1.82, 2.24) is 15.0 Å². The van der Waals surface area contributed by atoms with E-state index in [1.807, 2.05) is 6.92 Å². The molecule has 0 fully saturated rings. The minimum Gasteiger partial charge on any atom is -0.491 e. The largest absolute Gasteiger partial charge is 0.491 e. The molecule has 3 aromatic rings. The molecule has 0 aliphatic carbocycles. The third kappa shape index (κ3) is 5.43. The van der Waals surface area contributed by atoms with Gasteiger partial charge in [0, 0.05) is 17.5 Å². The highest BCUT2D eigenvalue weighted by Gasteiger charge is 2.13. The SMILES string of the molecule is COC(=O)c1cc(C=C(C#N)c2ccc(OC)c(OCCc3scnc3C)n2)ccn1. The molecule has 0 unspecified atom stereocenters. The van der Waals surface area contributed by atoms with Gasteiger partial charge < -0.3 is 14.2 Å². The molecule has 3 heterocycles. The molecule has 0 saturated heterocycles. The lowest BCUT2D eigenvalue weighted by atomic mass is 10.1. The Balaban J connectivity index is 1.84. The van der Waals surface area contributed by atoms with Crippen LogP contribution in [0.25, 0.3) is 11.6 Å². The van der Waals surface area contributed by atoms with E-state index in [9.17, 15) is 10.1 Å². The van der Waals surface area contributed by atoms with Crippen LogP contribution >= 0.6 is 11.3 Å². The highest BCUT2D eigenvalue weighted by molar-refractivity contribution is 7.09. The molecule has 8 nitrogen and oxygen atoms in total. The van der Waals surface area contributed by atoms with E-state index in [-0.39, 0.29) is 5.69 Å². The van der Waals surface area contributed by atoms with Gasteiger partial charge in [-0.3, -0.25) is 0 Å². The Morgan fingerprint density at radius 3 is 2.74 bits per heavy atom. The fourth-order valence-electron chi connectivity index (χ4n) is 2.73. The number of thiazole rings is 1. The Kier molecular flexibility index (Phi) is 7.30. The van der Waals surface area contributed by atoms with Crippen LogP contribution in [0.4, 0.5) is 0 Å². The smallest absolute Gasteiger partial charge is 0.356 e. The lowest BCUT2D eigenvalue weighted by molar-refractivity contribution is 0.0594. The average molecular weight is 436 g/mol. The average Bonchev–Trinajstić information content (AvgIpc) is 3.21. The number of allylic oxidation sites excluding steroid dienone is 1. The number of esters is 1. The third-order valence-corrected chi connectivity index (χ3v) is 5.34. The molecule has 0 aromatic carbocycles. The van der Waals surface area contributed by atoms with E-state index in [1.165, 1.54) is 20.4 Å². The lowest BCUT2D eigenvalue weighted by Gasteiger charge is -2.11. The summed E-state index contributed by atoms with van der Waals surface area (Å²) in [5, 5.41) is 9.67. The molecule has 0 N–H and O–H groups in total. The van der Waals surface area contributed by atoms with Crippen LogP contribution < -0.4 is 9.47 Å². The van der Waals surface area contributed by atoms with Gasteiger partial charge in [0.05, 0.1) is 43.3 Å². The van der Waals surface area contributed by atoms with Gasteiger partial charge in [-0.2, -0.15) is 5.26 Å². The Labute approximate surface area is 183 Å². The number of ether oxygens (including phenoxy) is 3. The van der Waals surface area contributed by atoms with Crippen molar-refractivity contribution in [3.05, 3.63) is 63.5 Å². The highest BCUT2D eigenvalue weighted by Crippen LogP contribution is 2.28. The van der Waals surface area contributed by atoms with Crippen LogP contribution in [0, 0.1) is 18.3 Å². The van der Waals surface area contributed by atoms with Crippen LogP contribution in [0.15, 0.2) is 36.0 Å². The van der Waals surface area contributed by atoms with Crippen molar-refractivity contribution >= 4 is 29.0 Å². The van der Waals surface area contributed by atoms with Crippen molar-refractivity contribution in [3.63, 3.8) is 0 Å². The third-order valence-electron chi connectivity index (χ3n) is 4.34. The first-order chi connectivity index (χ1) is 15.0. The van der Waals surface area contributed by atoms with E-state index in [1.54, 1.807) is 47.2 Å². The van der Waals surface area contributed by atoms with E-state index in [2.05, 4.69) is 25.8 Å². The summed E-state index contributed by atoms with van der Waals surface area (Å²) in [6, 6.07) is 8.74. The van der Waals surface area contributed by atoms with Crippen LogP contribution in [0.2, 0.25) is 0 Å². The van der Waals surface area contributed by atoms with Crippen molar-refractivity contribution < 1.29 is 19.0 Å². The van der Waals surface area contributed by atoms with Gasteiger partial charge in [0.15, 0.2) is 5.75 Å². The summed E-state index contributed by atoms with van der Waals surface area (Å²) in [6.45, 7) is 2.36. The zero-order chi connectivity index (χ0) is 22.2. The van der Waals surface area contributed by atoms with Crippen molar-refractivity contribution in [2.75, 3.05) is 20.8 Å². The number of nitrogens with zero attached hydrogens (tertiary/aromatic N) is 4. The summed E-state index contributed by atoms with van der Waals surface area (Å²) in [5.41, 5.74) is 4.28. The van der Waals surface area contributed by atoms with Crippen LogP contribution in [-0.4, -0.2) is 41.7 Å². The zero-order valence-corrected chi connectivity index (χ0v) is 18.1. The van der Waals surface area contributed by atoms with Gasteiger partial charge in [0.2, 0.25) is 0 Å². The second-order valence-corrected chi connectivity index (χ2v) is 7.24. The van der Waals surface area contributed by atoms with Crippen molar-refractivity contribution in [3.8, 4) is 17.7 Å². The van der Waals surface area contributed by atoms with E-state index in [0.717, 1.165) is 10.6 Å². The van der Waals surface area contributed by atoms with E-state index < -0.39 is 5.97 Å². The lowest BCUT2D eigenvalue weighted by Crippen LogP contribution is -2.05. The number of rotatable bonds is 8. The number of aryl methyl sites for hydroxylation is 1. The standard InChI is InChI=1S/C22H20N4O4S/c1-14-20(31-13-25-14)7-9-30-21-19(28-2)5-4-17(26-21)16(12-23)10-15-6-8-24-18(11-15)22(27)29-3/h4-6,8,10-11,13H,7,9H2,1-3H3. The van der Waals surface area contributed by atoms with Crippen molar-refractivity contribution in [1.29, 1.82) is 5.26 Å². The number of aromatic nitrogens is 3. The van der Waals surface area contributed by atoms with E-state index in [4.69, 9.17) is 9.47 Å². The molecule has 31 heavy (non-hydrogen) atoms. The summed E-state index contributed by atoms with van der Waals surface area (Å²) in [5.74, 6) is 0.218. The fourth-order valence-corrected chi connectivity index (χ4v) is 3.49. The topological polar surface area (TPSA) is 107 Å². The zero-order valence-electron chi connectivity index (χ0n) is 17.3. The maximum absolute atomic E-state index is 11.7. The van der Waals surface area contributed by atoms with E-state index in [0.29, 0.717) is 41.5 Å². The number of pyridine rings is 2. The van der Waals surface area contributed by atoms with Gasteiger partial charge in [0.25, 0.3) is 5.88 Å². The van der Waals surface area contributed by atoms with Gasteiger partial charge in [0.1, 0.15) is 11.8 Å². The molecule has 0 atom stereocenters. The van der Waals surface area contributed by atoms with Gasteiger partial charge in [-0.25, -0.2) is 19.7 Å². The predicted molar refractivity (Wildman–Crippen MR) is 116 cm³/mol. The van der Waals surface area contributed by atoms with Crippen LogP contribution in [0.3, 0.4) is 0 Å². The second kappa shape index (κ2) is 10.3. The fraction of sp³-hybridized carbons (Fsp3) is 0.227. The molecule has 0 aliphatic heterocycles. The summed E-state index contributed by atoms with van der Waals surface area (Å²) in [4.78, 5) is 25.5. The van der Waals surface area contributed by atoms with Gasteiger partial charge in [-0.05, 0) is 42.8 Å². The molecule has 0 bridgehead atoms. The first kappa shape index (κ1) is 21.9. The normalized spacial score (nSPS) is 11.0. The number of carbonyl (C=O) groups excluding carboxylic acids is 1. The molecule has 9 heteroatoms. The van der Waals surface area contributed by atoms with Gasteiger partial charge >= 0.3 is 5.97 Å². The molecule has 3 rings (SSSR count). The van der Waals surface area contributed by atoms with Crippen molar-refractivity contribution in [2.24, 2.45) is 0 Å². The number of methoxy groups -OCH3 is 2. The van der Waals surface area contributed by atoms with Crippen LogP contribution in [-0.2, 0) is 11.2 Å². The summed E-state index contributed by atoms with van der Waals surface area (Å²) < 4.78 is 15.9. The Morgan fingerprint density at radius 1 is 1.23 bits per heavy atom. The van der Waals surface area contributed by atoms with E-state index >= 15 is 0 Å². The monoisotopic (exact) mass is 436 g/mol.